The van der Waals surface area contributed by atoms with Gasteiger partial charge in [-0.15, -0.1) is 5.10 Å². The summed E-state index contributed by atoms with van der Waals surface area (Å²) in [7, 11) is 0. The molecule has 0 saturated carbocycles. The van der Waals surface area contributed by atoms with Crippen LogP contribution in [-0.2, 0) is 0 Å². The minimum absolute atomic E-state index is 0. The summed E-state index contributed by atoms with van der Waals surface area (Å²) >= 11 is 0. The van der Waals surface area contributed by atoms with Gasteiger partial charge in [-0.1, -0.05) is 5.10 Å². The zero-order valence-corrected chi connectivity index (χ0v) is 8.20. The first-order valence-electron chi connectivity index (χ1n) is 2.56. The summed E-state index contributed by atoms with van der Waals surface area (Å²) in [5.41, 5.74) is -0.324. The van der Waals surface area contributed by atoms with E-state index in [0.29, 0.717) is 0 Å². The smallest absolute Gasteiger partial charge is 0.858 e. The van der Waals surface area contributed by atoms with Crippen molar-refractivity contribution in [3.05, 3.63) is 21.9 Å². The predicted molar refractivity (Wildman–Crippen MR) is 32.1 cm³/mol. The SMILES string of the molecule is N=C([O-])c1cn[nH]c1[N+](=O)[O-].[Na+]. The Kier molecular flexibility index (Phi) is 3.87. The van der Waals surface area contributed by atoms with Crippen molar-refractivity contribution in [2.24, 2.45) is 0 Å². The summed E-state index contributed by atoms with van der Waals surface area (Å²) < 4.78 is 0. The van der Waals surface area contributed by atoms with E-state index in [4.69, 9.17) is 5.41 Å². The molecular formula is C4H3N4NaO3. The number of nitrogens with zero attached hydrogens (tertiary/aromatic N) is 2. The first kappa shape index (κ1) is 11.1. The van der Waals surface area contributed by atoms with Gasteiger partial charge in [-0.25, -0.2) is 0 Å². The van der Waals surface area contributed by atoms with Crippen LogP contribution in [-0.4, -0.2) is 21.0 Å². The molecule has 0 aliphatic carbocycles. The van der Waals surface area contributed by atoms with Gasteiger partial charge >= 0.3 is 35.4 Å². The molecule has 0 saturated heterocycles. The van der Waals surface area contributed by atoms with Crippen LogP contribution in [0.25, 0.3) is 0 Å². The standard InChI is InChI=1S/C4H4N4O3.Na/c5-3(9)2-1-6-7-4(2)8(10)11;/h1H,(H2,5,9)(H,6,7);/q;+1/p-1. The number of aromatic amines is 1. The Morgan fingerprint density at radius 2 is 2.33 bits per heavy atom. The Hall–Kier alpha value is -0.920. The number of hydrogen-bond acceptors (Lipinski definition) is 5. The molecule has 0 spiro atoms. The Bertz CT molecular complexity index is 281. The van der Waals surface area contributed by atoms with Crippen molar-refractivity contribution in [1.82, 2.24) is 10.2 Å². The van der Waals surface area contributed by atoms with Crippen molar-refractivity contribution in [1.29, 1.82) is 5.41 Å². The average Bonchev–Trinajstić information content (AvgIpc) is 2.32. The molecule has 1 heterocycles. The van der Waals surface area contributed by atoms with Crippen molar-refractivity contribution >= 4 is 11.7 Å². The molecule has 0 amide bonds. The van der Waals surface area contributed by atoms with E-state index < -0.39 is 16.6 Å². The van der Waals surface area contributed by atoms with E-state index in [-0.39, 0.29) is 35.1 Å². The summed E-state index contributed by atoms with van der Waals surface area (Å²) in [5.74, 6) is -1.66. The normalized spacial score (nSPS) is 8.67. The first-order chi connectivity index (χ1) is 5.13. The Balaban J connectivity index is 0.00000121. The molecule has 58 valence electrons. The van der Waals surface area contributed by atoms with Gasteiger partial charge in [0.25, 0.3) is 0 Å². The molecule has 12 heavy (non-hydrogen) atoms. The molecule has 0 atom stereocenters. The Morgan fingerprint density at radius 1 is 1.75 bits per heavy atom. The van der Waals surface area contributed by atoms with Crippen molar-refractivity contribution < 1.29 is 39.6 Å². The van der Waals surface area contributed by atoms with Crippen LogP contribution in [0.5, 0.6) is 0 Å². The van der Waals surface area contributed by atoms with Gasteiger partial charge in [-0.3, -0.25) is 0 Å². The van der Waals surface area contributed by atoms with E-state index in [2.05, 4.69) is 5.10 Å². The van der Waals surface area contributed by atoms with Gasteiger partial charge in [0.05, 0.1) is 6.20 Å². The second-order valence-corrected chi connectivity index (χ2v) is 1.72. The fourth-order valence-electron chi connectivity index (χ4n) is 0.585. The van der Waals surface area contributed by atoms with Crippen LogP contribution >= 0.6 is 0 Å². The third-order valence-electron chi connectivity index (χ3n) is 1.05. The number of nitro groups is 1. The second kappa shape index (κ2) is 4.19. The maximum Gasteiger partial charge on any atom is 1.00 e. The van der Waals surface area contributed by atoms with Crippen molar-refractivity contribution in [3.8, 4) is 0 Å². The topological polar surface area (TPSA) is 119 Å². The van der Waals surface area contributed by atoms with E-state index in [1.807, 2.05) is 5.10 Å². The predicted octanol–water partition coefficient (Wildman–Crippen LogP) is -3.99. The van der Waals surface area contributed by atoms with Gasteiger partial charge < -0.3 is 20.6 Å². The molecule has 1 aromatic heterocycles. The largest absolute Gasteiger partial charge is 1.00 e. The molecule has 0 aliphatic rings. The van der Waals surface area contributed by atoms with Gasteiger partial charge in [0, 0.05) is 0 Å². The third kappa shape index (κ3) is 2.03. The van der Waals surface area contributed by atoms with Crippen molar-refractivity contribution in [2.75, 3.05) is 0 Å². The molecule has 0 fully saturated rings. The summed E-state index contributed by atoms with van der Waals surface area (Å²) in [6, 6.07) is 0. The Morgan fingerprint density at radius 3 is 2.67 bits per heavy atom. The molecule has 2 N–H and O–H groups in total. The average molecular weight is 178 g/mol. The zero-order valence-electron chi connectivity index (χ0n) is 6.20. The molecule has 1 rings (SSSR count). The molecule has 0 radical (unpaired) electrons. The fraction of sp³-hybridized carbons (Fsp3) is 0. The molecule has 0 aromatic carbocycles. The number of H-pyrrole nitrogens is 1. The summed E-state index contributed by atoms with van der Waals surface area (Å²) in [6.45, 7) is 0. The fourth-order valence-corrected chi connectivity index (χ4v) is 0.585. The first-order valence-corrected chi connectivity index (χ1v) is 2.56. The van der Waals surface area contributed by atoms with Gasteiger partial charge in [-0.2, -0.15) is 0 Å². The minimum Gasteiger partial charge on any atom is -0.858 e. The van der Waals surface area contributed by atoms with Gasteiger partial charge in [0.15, 0.2) is 0 Å². The second-order valence-electron chi connectivity index (χ2n) is 1.72. The third-order valence-corrected chi connectivity index (χ3v) is 1.05. The van der Waals surface area contributed by atoms with Crippen LogP contribution in [0, 0.1) is 15.5 Å². The molecule has 0 aliphatic heterocycles. The molecule has 1 aromatic rings. The molecular weight excluding hydrogens is 175 g/mol. The van der Waals surface area contributed by atoms with Crippen LogP contribution in [0.1, 0.15) is 5.56 Å². The van der Waals surface area contributed by atoms with Crippen LogP contribution in [0.2, 0.25) is 0 Å². The molecule has 0 unspecified atom stereocenters. The quantitative estimate of drug-likeness (QED) is 0.158. The number of hydrogen-bond donors (Lipinski definition) is 2. The summed E-state index contributed by atoms with van der Waals surface area (Å²) in [5, 5.41) is 32.2. The van der Waals surface area contributed by atoms with E-state index in [1.54, 1.807) is 0 Å². The Labute approximate surface area is 88.7 Å². The number of nitrogens with one attached hydrogen (secondary N) is 2. The maximum absolute atomic E-state index is 10.3. The van der Waals surface area contributed by atoms with E-state index in [1.165, 1.54) is 0 Å². The van der Waals surface area contributed by atoms with Crippen molar-refractivity contribution in [3.63, 3.8) is 0 Å². The summed E-state index contributed by atoms with van der Waals surface area (Å²) in [4.78, 5) is 9.29. The van der Waals surface area contributed by atoms with Crippen molar-refractivity contribution in [2.45, 2.75) is 0 Å². The van der Waals surface area contributed by atoms with Crippen LogP contribution in [0.3, 0.4) is 0 Å². The minimum atomic E-state index is -1.12. The molecule has 7 nitrogen and oxygen atoms in total. The van der Waals surface area contributed by atoms with E-state index in [9.17, 15) is 15.2 Å². The molecule has 8 heteroatoms. The number of aromatic nitrogens is 2. The number of rotatable bonds is 2. The van der Waals surface area contributed by atoms with Gasteiger partial charge in [0.2, 0.25) is 0 Å². The zero-order chi connectivity index (χ0) is 8.43. The van der Waals surface area contributed by atoms with Crippen LogP contribution < -0.4 is 34.7 Å². The van der Waals surface area contributed by atoms with Crippen LogP contribution in [0.4, 0.5) is 5.82 Å². The summed E-state index contributed by atoms with van der Waals surface area (Å²) in [6.07, 6.45) is 0.952. The molecule has 0 bridgehead atoms. The van der Waals surface area contributed by atoms with E-state index in [0.717, 1.165) is 6.20 Å². The van der Waals surface area contributed by atoms with Gasteiger partial charge in [-0.05, 0) is 10.8 Å². The maximum atomic E-state index is 10.3. The van der Waals surface area contributed by atoms with Crippen LogP contribution in [0.15, 0.2) is 6.20 Å². The van der Waals surface area contributed by atoms with E-state index >= 15 is 0 Å². The van der Waals surface area contributed by atoms with Gasteiger partial charge in [0.1, 0.15) is 5.56 Å². The monoisotopic (exact) mass is 178 g/mol.